The molecule has 1 heterocycles. The maximum absolute atomic E-state index is 11.3. The summed E-state index contributed by atoms with van der Waals surface area (Å²) in [5, 5.41) is 0. The quantitative estimate of drug-likeness (QED) is 0.475. The second kappa shape index (κ2) is 1.85. The van der Waals surface area contributed by atoms with Crippen LogP contribution < -0.4 is 0 Å². The van der Waals surface area contributed by atoms with Gasteiger partial charge in [-0.25, -0.2) is 0 Å². The Labute approximate surface area is 55.8 Å². The molecule has 0 saturated carbocycles. The van der Waals surface area contributed by atoms with E-state index >= 15 is 0 Å². The highest BCUT2D eigenvalue weighted by atomic mass is 31.2. The molecule has 1 nitrogen and oxygen atoms in total. The van der Waals surface area contributed by atoms with Crippen LogP contribution in [0.5, 0.6) is 0 Å². The summed E-state index contributed by atoms with van der Waals surface area (Å²) in [4.78, 5) is 0. The van der Waals surface area contributed by atoms with Crippen molar-refractivity contribution in [2.24, 2.45) is 0 Å². The van der Waals surface area contributed by atoms with Gasteiger partial charge in [-0.3, -0.25) is 0 Å². The number of hydrogen-bond acceptors (Lipinski definition) is 1. The van der Waals surface area contributed by atoms with Crippen LogP contribution in [0, 0.1) is 0 Å². The van der Waals surface area contributed by atoms with Crippen LogP contribution in [0.2, 0.25) is 0 Å². The normalized spacial score (nSPS) is 34.9. The van der Waals surface area contributed by atoms with Crippen LogP contribution in [0.4, 0.5) is 0 Å². The van der Waals surface area contributed by atoms with E-state index in [0.29, 0.717) is 6.16 Å². The third-order valence-electron chi connectivity index (χ3n) is 1.53. The van der Waals surface area contributed by atoms with E-state index < -0.39 is 7.14 Å². The van der Waals surface area contributed by atoms with Crippen molar-refractivity contribution in [3.05, 3.63) is 23.5 Å². The smallest absolute Gasteiger partial charge is 0.110 e. The highest BCUT2D eigenvalue weighted by molar-refractivity contribution is 7.67. The Kier molecular flexibility index (Phi) is 1.40. The second-order valence-electron chi connectivity index (χ2n) is 2.75. The molecular formula is C7H11OP. The topological polar surface area (TPSA) is 17.1 Å². The fourth-order valence-corrected chi connectivity index (χ4v) is 3.15. The Hall–Kier alpha value is -0.290. The minimum atomic E-state index is -1.92. The minimum absolute atomic E-state index is 0.693. The van der Waals surface area contributed by atoms with E-state index in [1.807, 2.05) is 12.7 Å². The van der Waals surface area contributed by atoms with Gasteiger partial charge >= 0.3 is 0 Å². The van der Waals surface area contributed by atoms with E-state index in [1.54, 1.807) is 6.66 Å². The van der Waals surface area contributed by atoms with Gasteiger partial charge < -0.3 is 4.57 Å². The molecular weight excluding hydrogens is 131 g/mol. The van der Waals surface area contributed by atoms with Gasteiger partial charge in [0.25, 0.3) is 0 Å². The van der Waals surface area contributed by atoms with Gasteiger partial charge in [-0.2, -0.15) is 0 Å². The van der Waals surface area contributed by atoms with Crippen molar-refractivity contribution in [1.82, 2.24) is 0 Å². The Bertz CT molecular complexity index is 225. The minimum Gasteiger partial charge on any atom is -0.319 e. The molecule has 0 radical (unpaired) electrons. The molecule has 0 N–H and O–H groups in total. The first-order chi connectivity index (χ1) is 4.01. The summed E-state index contributed by atoms with van der Waals surface area (Å²) in [7, 11) is -1.92. The third-order valence-corrected chi connectivity index (χ3v) is 3.47. The summed E-state index contributed by atoms with van der Waals surface area (Å²) in [5.41, 5.74) is 2.15. The number of rotatable bonds is 0. The molecule has 9 heavy (non-hydrogen) atoms. The Balaban J connectivity index is 3.00. The molecule has 0 aromatic carbocycles. The highest BCUT2D eigenvalue weighted by Crippen LogP contribution is 2.51. The molecule has 0 spiro atoms. The van der Waals surface area contributed by atoms with Crippen LogP contribution in [-0.4, -0.2) is 12.8 Å². The molecule has 0 fully saturated rings. The first-order valence-corrected chi connectivity index (χ1v) is 5.36. The number of allylic oxidation sites excluding steroid dienone is 2. The molecule has 1 aliphatic rings. The average molecular weight is 142 g/mol. The lowest BCUT2D eigenvalue weighted by Crippen LogP contribution is -1.79. The van der Waals surface area contributed by atoms with Gasteiger partial charge in [-0.05, 0) is 30.6 Å². The molecule has 50 valence electrons. The summed E-state index contributed by atoms with van der Waals surface area (Å²) in [6.07, 6.45) is 0.693. The van der Waals surface area contributed by atoms with E-state index in [1.165, 1.54) is 0 Å². The standard InChI is InChI=1S/C7H11OP/c1-6-4-9(3,8)5-7(6)2/h5H,1,4H2,2-3H3. The molecule has 1 atom stereocenters. The summed E-state index contributed by atoms with van der Waals surface area (Å²) in [6, 6.07) is 0. The number of hydrogen-bond donors (Lipinski definition) is 0. The molecule has 0 aromatic rings. The Morgan fingerprint density at radius 3 is 2.44 bits per heavy atom. The van der Waals surface area contributed by atoms with Crippen LogP contribution in [0.3, 0.4) is 0 Å². The van der Waals surface area contributed by atoms with Crippen LogP contribution in [-0.2, 0) is 4.57 Å². The van der Waals surface area contributed by atoms with E-state index in [-0.39, 0.29) is 0 Å². The Morgan fingerprint density at radius 2 is 2.33 bits per heavy atom. The van der Waals surface area contributed by atoms with Crippen molar-refractivity contribution in [1.29, 1.82) is 0 Å². The maximum Gasteiger partial charge on any atom is 0.110 e. The van der Waals surface area contributed by atoms with Crippen molar-refractivity contribution in [2.45, 2.75) is 6.92 Å². The molecule has 1 unspecified atom stereocenters. The summed E-state index contributed by atoms with van der Waals surface area (Å²) < 4.78 is 11.3. The zero-order valence-electron chi connectivity index (χ0n) is 5.85. The van der Waals surface area contributed by atoms with Crippen LogP contribution in [0.25, 0.3) is 0 Å². The predicted octanol–water partition coefficient (Wildman–Crippen LogP) is 2.45. The first kappa shape index (κ1) is 6.82. The zero-order valence-corrected chi connectivity index (χ0v) is 6.74. The molecule has 0 amide bonds. The van der Waals surface area contributed by atoms with Crippen LogP contribution >= 0.6 is 7.14 Å². The highest BCUT2D eigenvalue weighted by Gasteiger charge is 2.21. The summed E-state index contributed by atoms with van der Waals surface area (Å²) >= 11 is 0. The molecule has 1 aliphatic heterocycles. The van der Waals surface area contributed by atoms with Gasteiger partial charge in [-0.15, -0.1) is 0 Å². The first-order valence-electron chi connectivity index (χ1n) is 2.95. The van der Waals surface area contributed by atoms with E-state index in [4.69, 9.17) is 0 Å². The van der Waals surface area contributed by atoms with Crippen molar-refractivity contribution in [2.75, 3.05) is 12.8 Å². The fraction of sp³-hybridized carbons (Fsp3) is 0.429. The lowest BCUT2D eigenvalue weighted by Gasteiger charge is -1.96. The van der Waals surface area contributed by atoms with Crippen molar-refractivity contribution in [3.8, 4) is 0 Å². The third kappa shape index (κ3) is 1.34. The lowest BCUT2D eigenvalue weighted by atomic mass is 10.2. The van der Waals surface area contributed by atoms with Crippen molar-refractivity contribution in [3.63, 3.8) is 0 Å². The summed E-state index contributed by atoms with van der Waals surface area (Å²) in [5.74, 6) is 1.86. The average Bonchev–Trinajstić information content (AvgIpc) is 1.79. The lowest BCUT2D eigenvalue weighted by molar-refractivity contribution is 0.586. The molecule has 0 saturated heterocycles. The van der Waals surface area contributed by atoms with Gasteiger partial charge in [0, 0.05) is 6.16 Å². The summed E-state index contributed by atoms with van der Waals surface area (Å²) in [6.45, 7) is 7.55. The van der Waals surface area contributed by atoms with Gasteiger partial charge in [0.1, 0.15) is 7.14 Å². The largest absolute Gasteiger partial charge is 0.319 e. The Morgan fingerprint density at radius 1 is 1.78 bits per heavy atom. The molecule has 1 rings (SSSR count). The van der Waals surface area contributed by atoms with E-state index in [0.717, 1.165) is 11.1 Å². The van der Waals surface area contributed by atoms with Gasteiger partial charge in [-0.1, -0.05) is 6.58 Å². The molecule has 0 aromatic heterocycles. The van der Waals surface area contributed by atoms with E-state index in [9.17, 15) is 4.57 Å². The van der Waals surface area contributed by atoms with Crippen molar-refractivity contribution >= 4 is 7.14 Å². The van der Waals surface area contributed by atoms with Crippen LogP contribution in [0.15, 0.2) is 23.5 Å². The second-order valence-corrected chi connectivity index (χ2v) is 5.67. The predicted molar refractivity (Wildman–Crippen MR) is 41.3 cm³/mol. The van der Waals surface area contributed by atoms with Crippen LogP contribution in [0.1, 0.15) is 6.92 Å². The van der Waals surface area contributed by atoms with Gasteiger partial charge in [0.2, 0.25) is 0 Å². The van der Waals surface area contributed by atoms with Gasteiger partial charge in [0.05, 0.1) is 0 Å². The van der Waals surface area contributed by atoms with Gasteiger partial charge in [0.15, 0.2) is 0 Å². The SMILES string of the molecule is C=C1CP(C)(=O)C=C1C. The monoisotopic (exact) mass is 142 g/mol. The fourth-order valence-electron chi connectivity index (χ4n) is 1.05. The van der Waals surface area contributed by atoms with E-state index in [2.05, 4.69) is 6.58 Å². The molecule has 0 bridgehead atoms. The zero-order chi connectivity index (χ0) is 7.07. The van der Waals surface area contributed by atoms with Crippen molar-refractivity contribution < 1.29 is 4.57 Å². The molecule has 0 aliphatic carbocycles. The maximum atomic E-state index is 11.3. The molecule has 2 heteroatoms.